The van der Waals surface area contributed by atoms with Crippen LogP contribution in [0.1, 0.15) is 0 Å². The summed E-state index contributed by atoms with van der Waals surface area (Å²) in [5, 5.41) is 5.07. The highest BCUT2D eigenvalue weighted by Crippen LogP contribution is 2.09. The van der Waals surface area contributed by atoms with Gasteiger partial charge < -0.3 is 4.74 Å². The van der Waals surface area contributed by atoms with E-state index >= 15 is 0 Å². The van der Waals surface area contributed by atoms with Crippen LogP contribution in [0.25, 0.3) is 0 Å². The highest BCUT2D eigenvalue weighted by Gasteiger charge is 2.04. The minimum atomic E-state index is -2.05. The number of nitrogens with zero attached hydrogens (tertiary/aromatic N) is 2. The van der Waals surface area contributed by atoms with Gasteiger partial charge in [-0.2, -0.15) is 17.6 Å². The van der Waals surface area contributed by atoms with E-state index in [0.29, 0.717) is 0 Å². The number of aromatic nitrogens is 3. The highest BCUT2D eigenvalue weighted by molar-refractivity contribution is 5.00. The van der Waals surface area contributed by atoms with Crippen molar-refractivity contribution in [1.29, 1.82) is 0 Å². The van der Waals surface area contributed by atoms with E-state index in [4.69, 9.17) is 0 Å². The van der Waals surface area contributed by atoms with Crippen LogP contribution in [-0.2, 0) is 0 Å². The van der Waals surface area contributed by atoms with Crippen molar-refractivity contribution in [2.75, 3.05) is 0 Å². The van der Waals surface area contributed by atoms with Gasteiger partial charge in [-0.1, -0.05) is 0 Å². The number of halogens is 5. The Morgan fingerprint density at radius 3 is 2.25 bits per heavy atom. The van der Waals surface area contributed by atoms with Crippen LogP contribution in [0.5, 0.6) is 12.0 Å². The molecule has 0 unspecified atom stereocenters. The SMILES string of the molecule is C=C(F)F.FOc1n[nH]c(OC=C(F)F)n1. The topological polar surface area (TPSA) is 60.0 Å². The fourth-order valence-electron chi connectivity index (χ4n) is 0.420. The van der Waals surface area contributed by atoms with E-state index in [9.17, 15) is 22.1 Å². The first-order valence-corrected chi connectivity index (χ1v) is 3.34. The molecule has 1 heterocycles. The van der Waals surface area contributed by atoms with Crippen molar-refractivity contribution >= 4 is 0 Å². The van der Waals surface area contributed by atoms with Crippen LogP contribution in [0.15, 0.2) is 25.0 Å². The van der Waals surface area contributed by atoms with E-state index in [1.165, 1.54) is 0 Å². The van der Waals surface area contributed by atoms with Crippen molar-refractivity contribution in [2.24, 2.45) is 0 Å². The third kappa shape index (κ3) is 7.29. The van der Waals surface area contributed by atoms with Gasteiger partial charge >= 0.3 is 18.1 Å². The van der Waals surface area contributed by atoms with Crippen molar-refractivity contribution in [3.8, 4) is 12.0 Å². The summed E-state index contributed by atoms with van der Waals surface area (Å²) in [6.07, 6.45) is -3.75. The quantitative estimate of drug-likeness (QED) is 0.656. The van der Waals surface area contributed by atoms with Gasteiger partial charge in [0.25, 0.3) is 6.08 Å². The van der Waals surface area contributed by atoms with Crippen molar-refractivity contribution in [3.63, 3.8) is 0 Å². The molecule has 0 bridgehead atoms. The third-order valence-corrected chi connectivity index (χ3v) is 0.773. The molecule has 10 heteroatoms. The Kier molecular flexibility index (Phi) is 6.24. The first kappa shape index (κ1) is 13.9. The smallest absolute Gasteiger partial charge is 0.381 e. The molecule has 0 spiro atoms. The van der Waals surface area contributed by atoms with Gasteiger partial charge in [0.15, 0.2) is 6.26 Å². The largest absolute Gasteiger partial charge is 0.427 e. The van der Waals surface area contributed by atoms with Gasteiger partial charge in [0.05, 0.1) is 0 Å². The lowest BCUT2D eigenvalue weighted by Crippen LogP contribution is -1.84. The molecular weight excluding hydrogens is 241 g/mol. The molecule has 5 nitrogen and oxygen atoms in total. The van der Waals surface area contributed by atoms with Crippen LogP contribution in [0, 0.1) is 0 Å². The van der Waals surface area contributed by atoms with E-state index in [-0.39, 0.29) is 6.26 Å². The zero-order valence-electron chi connectivity index (χ0n) is 7.39. The molecule has 0 aliphatic rings. The maximum atomic E-state index is 11.4. The standard InChI is InChI=1S/C4H2F3N3O2.C2H2F2/c5-2(6)1-11-3-8-4(12-7)10-9-3;1-2(3)4/h1H,(H,8,9,10);1H2. The molecule has 1 aromatic heterocycles. The second kappa shape index (κ2) is 7.20. The summed E-state index contributed by atoms with van der Waals surface area (Å²) in [6, 6.07) is -1.03. The lowest BCUT2D eigenvalue weighted by molar-refractivity contribution is -0.0175. The number of hydrogen-bond donors (Lipinski definition) is 1. The monoisotopic (exact) mass is 245 g/mol. The van der Waals surface area contributed by atoms with Gasteiger partial charge in [-0.25, -0.2) is 10.0 Å². The third-order valence-electron chi connectivity index (χ3n) is 0.773. The molecule has 0 saturated carbocycles. The molecule has 0 aliphatic carbocycles. The van der Waals surface area contributed by atoms with Gasteiger partial charge in [0.2, 0.25) is 0 Å². The Hall–Kier alpha value is -2.13. The van der Waals surface area contributed by atoms with Crippen LogP contribution < -0.4 is 9.68 Å². The molecule has 0 fully saturated rings. The predicted octanol–water partition coefficient (Wildman–Crippen LogP) is 2.58. The molecule has 1 aromatic rings. The number of rotatable bonds is 3. The highest BCUT2D eigenvalue weighted by atomic mass is 19.3. The zero-order valence-corrected chi connectivity index (χ0v) is 7.39. The van der Waals surface area contributed by atoms with Crippen LogP contribution in [0.3, 0.4) is 0 Å². The molecular formula is C6H4F5N3O2. The molecule has 1 rings (SSSR count). The average Bonchev–Trinajstić information content (AvgIpc) is 2.61. The molecule has 0 saturated heterocycles. The van der Waals surface area contributed by atoms with Gasteiger partial charge in [-0.3, -0.25) is 0 Å². The summed E-state index contributed by atoms with van der Waals surface area (Å²) in [7, 11) is 0. The number of H-pyrrole nitrogens is 1. The predicted molar refractivity (Wildman–Crippen MR) is 40.4 cm³/mol. The van der Waals surface area contributed by atoms with Crippen LogP contribution in [0.4, 0.5) is 22.1 Å². The fraction of sp³-hybridized carbons (Fsp3) is 0. The van der Waals surface area contributed by atoms with E-state index in [0.717, 1.165) is 0 Å². The first-order chi connectivity index (χ1) is 7.45. The summed E-state index contributed by atoms with van der Waals surface area (Å²) in [6.45, 7) is 2.22. The molecule has 90 valence electrons. The molecule has 0 atom stereocenters. The summed E-state index contributed by atoms with van der Waals surface area (Å²) in [4.78, 5) is 6.20. The van der Waals surface area contributed by atoms with Crippen molar-refractivity contribution in [2.45, 2.75) is 0 Å². The van der Waals surface area contributed by atoms with Crippen LogP contribution >= 0.6 is 0 Å². The summed E-state index contributed by atoms with van der Waals surface area (Å²) >= 11 is 0. The Bertz CT molecular complexity index is 359. The second-order valence-corrected chi connectivity index (χ2v) is 1.86. The second-order valence-electron chi connectivity index (χ2n) is 1.86. The maximum absolute atomic E-state index is 11.4. The summed E-state index contributed by atoms with van der Waals surface area (Å²) < 4.78 is 58.5. The Morgan fingerprint density at radius 1 is 1.31 bits per heavy atom. The average molecular weight is 245 g/mol. The van der Waals surface area contributed by atoms with Crippen molar-refractivity contribution in [1.82, 2.24) is 15.2 Å². The first-order valence-electron chi connectivity index (χ1n) is 3.34. The lowest BCUT2D eigenvalue weighted by atomic mass is 11.0. The van der Waals surface area contributed by atoms with Gasteiger partial charge in [-0.05, 0) is 6.58 Å². The van der Waals surface area contributed by atoms with E-state index in [2.05, 4.69) is 26.3 Å². The number of hydrogen-bond acceptors (Lipinski definition) is 4. The maximum Gasteiger partial charge on any atom is 0.381 e. The number of nitrogens with one attached hydrogen (secondary N) is 1. The summed E-state index contributed by atoms with van der Waals surface area (Å²) in [5.41, 5.74) is 0. The minimum absolute atomic E-state index is 0.128. The molecule has 1 N–H and O–H groups in total. The number of ether oxygens (including phenoxy) is 1. The Balaban J connectivity index is 0.000000487. The normalized spacial score (nSPS) is 8.56. The van der Waals surface area contributed by atoms with Gasteiger partial charge in [0.1, 0.15) is 0 Å². The molecule has 0 aromatic carbocycles. The van der Waals surface area contributed by atoms with Crippen LogP contribution in [0.2, 0.25) is 0 Å². The zero-order chi connectivity index (χ0) is 12.6. The van der Waals surface area contributed by atoms with Crippen LogP contribution in [-0.4, -0.2) is 15.2 Å². The Labute approximate surface area is 85.1 Å². The van der Waals surface area contributed by atoms with Crippen molar-refractivity contribution in [3.05, 3.63) is 25.0 Å². The van der Waals surface area contributed by atoms with Crippen molar-refractivity contribution < 1.29 is 31.8 Å². The van der Waals surface area contributed by atoms with Gasteiger partial charge in [-0.15, -0.1) is 10.1 Å². The molecule has 0 amide bonds. The fourth-order valence-corrected chi connectivity index (χ4v) is 0.420. The van der Waals surface area contributed by atoms with E-state index < -0.39 is 24.2 Å². The lowest BCUT2D eigenvalue weighted by Gasteiger charge is -1.88. The molecule has 0 aliphatic heterocycles. The number of aromatic amines is 1. The van der Waals surface area contributed by atoms with E-state index in [1.807, 2.05) is 5.10 Å². The molecule has 0 radical (unpaired) electrons. The van der Waals surface area contributed by atoms with Gasteiger partial charge in [0, 0.05) is 4.53 Å². The summed E-state index contributed by atoms with van der Waals surface area (Å²) in [5.74, 6) is 0. The Morgan fingerprint density at radius 2 is 1.88 bits per heavy atom. The minimum Gasteiger partial charge on any atom is -0.427 e. The van der Waals surface area contributed by atoms with E-state index in [1.54, 1.807) is 0 Å². The molecule has 16 heavy (non-hydrogen) atoms.